The standard InChI is InChI=1S/C17H21N3O3S/c21-15(19-8-10-23-16-6-2-4-9-22-16)11-13-12-24-17(20-13)14-5-1-3-7-18-14/h1,3,5,7,12,16H,2,4,6,8-11H2,(H,19,21)/t16-/m1/s1. The average molecular weight is 347 g/mol. The van der Waals surface area contributed by atoms with Gasteiger partial charge in [0, 0.05) is 24.7 Å². The van der Waals surface area contributed by atoms with Crippen LogP contribution in [-0.4, -0.2) is 41.9 Å². The Kier molecular flexibility index (Phi) is 6.28. The lowest BCUT2D eigenvalue weighted by atomic mass is 10.2. The Balaban J connectivity index is 1.38. The molecule has 0 aromatic carbocycles. The van der Waals surface area contributed by atoms with Crippen molar-refractivity contribution in [3.8, 4) is 10.7 Å². The molecule has 0 spiro atoms. The molecular weight excluding hydrogens is 326 g/mol. The van der Waals surface area contributed by atoms with Gasteiger partial charge in [0.15, 0.2) is 6.29 Å². The van der Waals surface area contributed by atoms with Gasteiger partial charge in [-0.3, -0.25) is 9.78 Å². The van der Waals surface area contributed by atoms with E-state index in [9.17, 15) is 4.79 Å². The van der Waals surface area contributed by atoms with E-state index in [0.29, 0.717) is 13.2 Å². The molecule has 0 unspecified atom stereocenters. The van der Waals surface area contributed by atoms with Crippen molar-refractivity contribution in [1.82, 2.24) is 15.3 Å². The molecule has 1 N–H and O–H groups in total. The Labute approximate surface area is 145 Å². The number of amides is 1. The van der Waals surface area contributed by atoms with Crippen LogP contribution in [-0.2, 0) is 20.7 Å². The lowest BCUT2D eigenvalue weighted by molar-refractivity contribution is -0.161. The second-order valence-electron chi connectivity index (χ2n) is 5.55. The molecular formula is C17H21N3O3S. The molecule has 7 heteroatoms. The zero-order chi connectivity index (χ0) is 16.6. The lowest BCUT2D eigenvalue weighted by Gasteiger charge is -2.22. The highest BCUT2D eigenvalue weighted by atomic mass is 32.1. The molecule has 2 aromatic heterocycles. The van der Waals surface area contributed by atoms with E-state index in [4.69, 9.17) is 9.47 Å². The first-order chi connectivity index (χ1) is 11.8. The van der Waals surface area contributed by atoms with Crippen LogP contribution < -0.4 is 5.32 Å². The third-order valence-electron chi connectivity index (χ3n) is 3.64. The summed E-state index contributed by atoms with van der Waals surface area (Å²) in [5.41, 5.74) is 1.59. The number of rotatable bonds is 7. The van der Waals surface area contributed by atoms with Crippen LogP contribution in [0.5, 0.6) is 0 Å². The summed E-state index contributed by atoms with van der Waals surface area (Å²) in [5.74, 6) is -0.0546. The van der Waals surface area contributed by atoms with Crippen LogP contribution in [0.2, 0.25) is 0 Å². The smallest absolute Gasteiger partial charge is 0.226 e. The van der Waals surface area contributed by atoms with E-state index in [0.717, 1.165) is 42.3 Å². The molecule has 0 saturated carbocycles. The van der Waals surface area contributed by atoms with Gasteiger partial charge in [-0.15, -0.1) is 11.3 Å². The number of carbonyl (C=O) groups is 1. The van der Waals surface area contributed by atoms with Gasteiger partial charge in [0.1, 0.15) is 5.01 Å². The minimum Gasteiger partial charge on any atom is -0.353 e. The molecule has 2 aromatic rings. The maximum absolute atomic E-state index is 12.0. The molecule has 0 bridgehead atoms. The van der Waals surface area contributed by atoms with Gasteiger partial charge in [-0.1, -0.05) is 6.07 Å². The largest absolute Gasteiger partial charge is 0.353 e. The molecule has 6 nitrogen and oxygen atoms in total. The Hall–Kier alpha value is -1.83. The van der Waals surface area contributed by atoms with Crippen molar-refractivity contribution >= 4 is 17.2 Å². The highest BCUT2D eigenvalue weighted by Gasteiger charge is 2.14. The summed E-state index contributed by atoms with van der Waals surface area (Å²) >= 11 is 1.50. The minimum absolute atomic E-state index is 0.0546. The van der Waals surface area contributed by atoms with Crippen molar-refractivity contribution in [3.63, 3.8) is 0 Å². The molecule has 1 aliphatic rings. The first-order valence-electron chi connectivity index (χ1n) is 8.17. The van der Waals surface area contributed by atoms with Gasteiger partial charge in [-0.25, -0.2) is 4.98 Å². The van der Waals surface area contributed by atoms with Gasteiger partial charge in [0.25, 0.3) is 0 Å². The quantitative estimate of drug-likeness (QED) is 0.779. The molecule has 3 rings (SSSR count). The molecule has 3 heterocycles. The lowest BCUT2D eigenvalue weighted by Crippen LogP contribution is -2.31. The van der Waals surface area contributed by atoms with E-state index >= 15 is 0 Å². The summed E-state index contributed by atoms with van der Waals surface area (Å²) < 4.78 is 11.1. The topological polar surface area (TPSA) is 73.3 Å². The summed E-state index contributed by atoms with van der Waals surface area (Å²) in [7, 11) is 0. The maximum atomic E-state index is 12.0. The van der Waals surface area contributed by atoms with Crippen LogP contribution in [0.3, 0.4) is 0 Å². The third-order valence-corrected chi connectivity index (χ3v) is 4.56. The number of hydrogen-bond acceptors (Lipinski definition) is 6. The molecule has 0 aliphatic carbocycles. The number of ether oxygens (including phenoxy) is 2. The van der Waals surface area contributed by atoms with E-state index in [1.54, 1.807) is 6.20 Å². The molecule has 128 valence electrons. The van der Waals surface area contributed by atoms with Crippen molar-refractivity contribution < 1.29 is 14.3 Å². The van der Waals surface area contributed by atoms with E-state index in [-0.39, 0.29) is 18.6 Å². The van der Waals surface area contributed by atoms with Crippen LogP contribution >= 0.6 is 11.3 Å². The Morgan fingerprint density at radius 2 is 2.38 bits per heavy atom. The van der Waals surface area contributed by atoms with E-state index < -0.39 is 0 Å². The van der Waals surface area contributed by atoms with Crippen LogP contribution in [0.15, 0.2) is 29.8 Å². The van der Waals surface area contributed by atoms with Crippen LogP contribution in [0.4, 0.5) is 0 Å². The number of aromatic nitrogens is 2. The molecule has 1 fully saturated rings. The van der Waals surface area contributed by atoms with Crippen molar-refractivity contribution in [2.24, 2.45) is 0 Å². The van der Waals surface area contributed by atoms with Gasteiger partial charge in [-0.05, 0) is 31.4 Å². The Bertz CT molecular complexity index is 642. The molecule has 1 saturated heterocycles. The number of hydrogen-bond donors (Lipinski definition) is 1. The van der Waals surface area contributed by atoms with Gasteiger partial charge in [-0.2, -0.15) is 0 Å². The molecule has 1 amide bonds. The van der Waals surface area contributed by atoms with Crippen molar-refractivity contribution in [1.29, 1.82) is 0 Å². The van der Waals surface area contributed by atoms with Crippen LogP contribution in [0, 0.1) is 0 Å². The van der Waals surface area contributed by atoms with Crippen molar-refractivity contribution in [2.75, 3.05) is 19.8 Å². The number of nitrogens with zero attached hydrogens (tertiary/aromatic N) is 2. The monoisotopic (exact) mass is 347 g/mol. The average Bonchev–Trinajstić information content (AvgIpc) is 3.09. The normalized spacial score (nSPS) is 17.6. The number of thiazole rings is 1. The van der Waals surface area contributed by atoms with Gasteiger partial charge >= 0.3 is 0 Å². The second-order valence-corrected chi connectivity index (χ2v) is 6.41. The summed E-state index contributed by atoms with van der Waals surface area (Å²) in [5, 5.41) is 5.58. The highest BCUT2D eigenvalue weighted by Crippen LogP contribution is 2.21. The number of nitrogens with one attached hydrogen (secondary N) is 1. The van der Waals surface area contributed by atoms with Crippen LogP contribution in [0.1, 0.15) is 25.0 Å². The molecule has 1 aliphatic heterocycles. The fraction of sp³-hybridized carbons (Fsp3) is 0.471. The van der Waals surface area contributed by atoms with Gasteiger partial charge in [0.05, 0.1) is 24.4 Å². The van der Waals surface area contributed by atoms with Gasteiger partial charge < -0.3 is 14.8 Å². The molecule has 24 heavy (non-hydrogen) atoms. The Morgan fingerprint density at radius 3 is 3.17 bits per heavy atom. The van der Waals surface area contributed by atoms with Crippen molar-refractivity contribution in [3.05, 3.63) is 35.5 Å². The predicted molar refractivity (Wildman–Crippen MR) is 91.6 cm³/mol. The second kappa shape index (κ2) is 8.86. The fourth-order valence-corrected chi connectivity index (χ4v) is 3.24. The van der Waals surface area contributed by atoms with Crippen molar-refractivity contribution in [2.45, 2.75) is 32.0 Å². The number of carbonyl (C=O) groups excluding carboxylic acids is 1. The zero-order valence-corrected chi connectivity index (χ0v) is 14.3. The minimum atomic E-state index is -0.116. The van der Waals surface area contributed by atoms with E-state index in [2.05, 4.69) is 15.3 Å². The summed E-state index contributed by atoms with van der Waals surface area (Å²) in [6, 6.07) is 5.70. The summed E-state index contributed by atoms with van der Waals surface area (Å²) in [6.45, 7) is 1.71. The zero-order valence-electron chi connectivity index (χ0n) is 13.4. The Morgan fingerprint density at radius 1 is 1.42 bits per heavy atom. The summed E-state index contributed by atoms with van der Waals surface area (Å²) in [6.07, 6.45) is 5.06. The first kappa shape index (κ1) is 17.0. The predicted octanol–water partition coefficient (Wildman–Crippen LogP) is 2.41. The number of pyridine rings is 1. The van der Waals surface area contributed by atoms with Crippen LogP contribution in [0.25, 0.3) is 10.7 Å². The van der Waals surface area contributed by atoms with E-state index in [1.807, 2.05) is 23.6 Å². The highest BCUT2D eigenvalue weighted by molar-refractivity contribution is 7.13. The summed E-state index contributed by atoms with van der Waals surface area (Å²) in [4.78, 5) is 20.7. The fourth-order valence-electron chi connectivity index (χ4n) is 2.45. The molecule has 0 radical (unpaired) electrons. The first-order valence-corrected chi connectivity index (χ1v) is 9.05. The SMILES string of the molecule is O=C(Cc1csc(-c2ccccn2)n1)NCCO[C@@H]1CCCCO1. The van der Waals surface area contributed by atoms with E-state index in [1.165, 1.54) is 11.3 Å². The van der Waals surface area contributed by atoms with Gasteiger partial charge in [0.2, 0.25) is 5.91 Å². The third kappa shape index (κ3) is 5.09. The maximum Gasteiger partial charge on any atom is 0.226 e. The molecule has 1 atom stereocenters.